The van der Waals surface area contributed by atoms with Gasteiger partial charge in [0.2, 0.25) is 0 Å². The lowest BCUT2D eigenvalue weighted by Gasteiger charge is -2.25. The van der Waals surface area contributed by atoms with Gasteiger partial charge in [0.05, 0.1) is 4.92 Å². The average Bonchev–Trinajstić information content (AvgIpc) is 2.00. The lowest BCUT2D eigenvalue weighted by atomic mass is 9.91. The summed E-state index contributed by atoms with van der Waals surface area (Å²) in [7, 11) is 0. The summed E-state index contributed by atoms with van der Waals surface area (Å²) in [6.45, 7) is 0. The summed E-state index contributed by atoms with van der Waals surface area (Å²) in [6.07, 6.45) is 2.54. The highest BCUT2D eigenvalue weighted by atomic mass is 16.6. The van der Waals surface area contributed by atoms with Crippen LogP contribution in [-0.2, 0) is 4.79 Å². The van der Waals surface area contributed by atoms with Crippen LogP contribution in [0.4, 0.5) is 0 Å². The molecule has 1 aliphatic carbocycles. The molecule has 0 atom stereocenters. The van der Waals surface area contributed by atoms with E-state index < -0.39 is 27.8 Å². The van der Waals surface area contributed by atoms with E-state index in [2.05, 4.69) is 0 Å². The van der Waals surface area contributed by atoms with E-state index in [1.807, 2.05) is 0 Å². The number of hydrogen-bond acceptors (Lipinski definition) is 5. The van der Waals surface area contributed by atoms with Gasteiger partial charge in [0.25, 0.3) is 5.70 Å². The van der Waals surface area contributed by atoms with Crippen molar-refractivity contribution >= 4 is 5.97 Å². The predicted molar refractivity (Wildman–Crippen MR) is 46.5 cm³/mol. The van der Waals surface area contributed by atoms with Crippen molar-refractivity contribution in [1.29, 1.82) is 0 Å². The van der Waals surface area contributed by atoms with E-state index in [4.69, 9.17) is 16.6 Å². The van der Waals surface area contributed by atoms with Gasteiger partial charge in [0, 0.05) is 12.5 Å². The zero-order valence-electron chi connectivity index (χ0n) is 7.14. The Balaban J connectivity index is 3.35. The summed E-state index contributed by atoms with van der Waals surface area (Å²) >= 11 is 0. The Bertz CT molecular complexity index is 356. The number of carbonyl (C=O) groups is 1. The van der Waals surface area contributed by atoms with E-state index in [1.165, 1.54) is 6.08 Å². The van der Waals surface area contributed by atoms with Crippen LogP contribution in [0.25, 0.3) is 0 Å². The molecule has 0 unspecified atom stereocenters. The fourth-order valence-electron chi connectivity index (χ4n) is 1.25. The molecule has 5 N–H and O–H groups in total. The molecule has 0 aromatic heterocycles. The molecule has 0 radical (unpaired) electrons. The van der Waals surface area contributed by atoms with Crippen molar-refractivity contribution in [2.24, 2.45) is 11.5 Å². The smallest absolute Gasteiger partial charge is 0.341 e. The second kappa shape index (κ2) is 3.20. The van der Waals surface area contributed by atoms with Gasteiger partial charge in [-0.05, 0) is 0 Å². The molecule has 0 spiro atoms. The molecule has 0 fully saturated rings. The Labute approximate surface area is 78.8 Å². The maximum Gasteiger partial charge on any atom is 0.341 e. The molecule has 0 saturated heterocycles. The monoisotopic (exact) mass is 199 g/mol. The van der Waals surface area contributed by atoms with E-state index in [0.717, 1.165) is 6.08 Å². The first-order valence-electron chi connectivity index (χ1n) is 3.73. The molecule has 14 heavy (non-hydrogen) atoms. The Hall–Kier alpha value is -1.73. The Morgan fingerprint density at radius 3 is 2.57 bits per heavy atom. The van der Waals surface area contributed by atoms with E-state index in [-0.39, 0.29) is 6.42 Å². The van der Waals surface area contributed by atoms with Crippen LogP contribution in [0.15, 0.2) is 23.4 Å². The third-order valence-corrected chi connectivity index (χ3v) is 1.86. The van der Waals surface area contributed by atoms with E-state index in [9.17, 15) is 14.9 Å². The highest BCUT2D eigenvalue weighted by Gasteiger charge is 2.39. The normalized spacial score (nSPS) is 19.6. The molecule has 7 heteroatoms. The number of allylic oxidation sites excluding steroid dienone is 1. The van der Waals surface area contributed by atoms with Crippen LogP contribution < -0.4 is 11.5 Å². The Morgan fingerprint density at radius 2 is 2.21 bits per heavy atom. The minimum absolute atomic E-state index is 0.0615. The van der Waals surface area contributed by atoms with Crippen LogP contribution in [0, 0.1) is 10.1 Å². The van der Waals surface area contributed by atoms with E-state index >= 15 is 0 Å². The summed E-state index contributed by atoms with van der Waals surface area (Å²) < 4.78 is 0. The molecule has 1 rings (SSSR count). The van der Waals surface area contributed by atoms with Gasteiger partial charge in [-0.15, -0.1) is 0 Å². The lowest BCUT2D eigenvalue weighted by molar-refractivity contribution is -0.420. The predicted octanol–water partition coefficient (Wildman–Crippen LogP) is -0.825. The van der Waals surface area contributed by atoms with Gasteiger partial charge in [-0.1, -0.05) is 6.08 Å². The van der Waals surface area contributed by atoms with Gasteiger partial charge >= 0.3 is 5.97 Å². The number of carboxylic acid groups (broad SMARTS) is 1. The molecular weight excluding hydrogens is 190 g/mol. The third kappa shape index (κ3) is 1.63. The fourth-order valence-corrected chi connectivity index (χ4v) is 1.25. The van der Waals surface area contributed by atoms with Gasteiger partial charge in [0.15, 0.2) is 0 Å². The van der Waals surface area contributed by atoms with Gasteiger partial charge in [-0.25, -0.2) is 4.79 Å². The van der Waals surface area contributed by atoms with Crippen molar-refractivity contribution in [2.45, 2.75) is 12.1 Å². The highest BCUT2D eigenvalue weighted by Crippen LogP contribution is 2.23. The van der Waals surface area contributed by atoms with Crippen molar-refractivity contribution < 1.29 is 14.8 Å². The maximum absolute atomic E-state index is 10.7. The summed E-state index contributed by atoms with van der Waals surface area (Å²) in [5.41, 5.74) is 8.07. The fraction of sp³-hybridized carbons (Fsp3) is 0.286. The molecule has 0 aliphatic heterocycles. The van der Waals surface area contributed by atoms with Crippen molar-refractivity contribution in [3.05, 3.63) is 33.5 Å². The number of hydrogen-bond donors (Lipinski definition) is 3. The SMILES string of the molecule is NC1(N)CC=CC([N+](=O)[O-])=C1C(=O)O. The molecule has 0 aromatic carbocycles. The molecule has 7 nitrogen and oxygen atoms in total. The zero-order chi connectivity index (χ0) is 10.9. The van der Waals surface area contributed by atoms with Crippen LogP contribution in [0.3, 0.4) is 0 Å². The minimum Gasteiger partial charge on any atom is -0.478 e. The van der Waals surface area contributed by atoms with Crippen molar-refractivity contribution in [2.75, 3.05) is 0 Å². The first kappa shape index (κ1) is 10.4. The van der Waals surface area contributed by atoms with E-state index in [0.29, 0.717) is 0 Å². The standard InChI is InChI=1S/C7H9N3O4/c8-7(9)3-1-2-4(10(13)14)5(7)6(11)12/h1-2H,3,8-9H2,(H,11,12). The minimum atomic E-state index is -1.68. The number of nitrogens with zero attached hydrogens (tertiary/aromatic N) is 1. The largest absolute Gasteiger partial charge is 0.478 e. The lowest BCUT2D eigenvalue weighted by Crippen LogP contribution is -2.54. The number of rotatable bonds is 2. The number of aliphatic carboxylic acids is 1. The molecule has 76 valence electrons. The van der Waals surface area contributed by atoms with Crippen LogP contribution in [0.5, 0.6) is 0 Å². The van der Waals surface area contributed by atoms with Gasteiger partial charge in [-0.3, -0.25) is 10.1 Å². The zero-order valence-corrected chi connectivity index (χ0v) is 7.14. The Kier molecular flexibility index (Phi) is 2.37. The molecule has 0 heterocycles. The van der Waals surface area contributed by atoms with Crippen molar-refractivity contribution in [3.8, 4) is 0 Å². The molecule has 0 aromatic rings. The summed E-state index contributed by atoms with van der Waals surface area (Å²) in [5, 5.41) is 19.2. The number of carboxylic acids is 1. The highest BCUT2D eigenvalue weighted by molar-refractivity contribution is 5.90. The second-order valence-electron chi connectivity index (χ2n) is 2.97. The number of nitro groups is 1. The van der Waals surface area contributed by atoms with Crippen molar-refractivity contribution in [1.82, 2.24) is 0 Å². The summed E-state index contributed by atoms with van der Waals surface area (Å²) in [5.74, 6) is -1.47. The molecule has 1 aliphatic rings. The van der Waals surface area contributed by atoms with Crippen LogP contribution in [-0.4, -0.2) is 21.7 Å². The molecule has 0 bridgehead atoms. The third-order valence-electron chi connectivity index (χ3n) is 1.86. The topological polar surface area (TPSA) is 132 Å². The van der Waals surface area contributed by atoms with Crippen LogP contribution in [0.1, 0.15) is 6.42 Å². The van der Waals surface area contributed by atoms with E-state index in [1.54, 1.807) is 0 Å². The maximum atomic E-state index is 10.7. The Morgan fingerprint density at radius 1 is 1.64 bits per heavy atom. The average molecular weight is 199 g/mol. The van der Waals surface area contributed by atoms with Crippen LogP contribution in [0.2, 0.25) is 0 Å². The first-order chi connectivity index (χ1) is 6.36. The van der Waals surface area contributed by atoms with Crippen molar-refractivity contribution in [3.63, 3.8) is 0 Å². The van der Waals surface area contributed by atoms with Gasteiger partial charge < -0.3 is 16.6 Å². The van der Waals surface area contributed by atoms with Crippen LogP contribution >= 0.6 is 0 Å². The van der Waals surface area contributed by atoms with Gasteiger partial charge in [0.1, 0.15) is 11.2 Å². The number of nitrogens with two attached hydrogens (primary N) is 2. The molecule has 0 saturated carbocycles. The van der Waals surface area contributed by atoms with Gasteiger partial charge in [-0.2, -0.15) is 0 Å². The quantitative estimate of drug-likeness (QED) is 0.302. The summed E-state index contributed by atoms with van der Waals surface area (Å²) in [6, 6.07) is 0. The molecule has 0 amide bonds. The molecular formula is C7H9N3O4. The first-order valence-corrected chi connectivity index (χ1v) is 3.73. The second-order valence-corrected chi connectivity index (χ2v) is 2.97. The summed E-state index contributed by atoms with van der Waals surface area (Å²) in [4.78, 5) is 20.4.